The molecular formula is C17H28N2O2. The maximum absolute atomic E-state index is 13.2. The summed E-state index contributed by atoms with van der Waals surface area (Å²) in [5.74, 6) is 0.169. The molecule has 1 saturated carbocycles. The standard InChI is InChI=1S/C17H28N2O2/c1-4-7-13-19-15(21)16(11-9-8-10-12-16)18-14(20)17(19,5-2)6-3/h4,7H,5-6,8-13H2,1-3H3,(H,18,20)/b7-4+. The predicted octanol–water partition coefficient (Wildman–Crippen LogP) is 2.78. The van der Waals surface area contributed by atoms with E-state index in [1.807, 2.05) is 37.8 Å². The molecule has 1 aliphatic heterocycles. The summed E-state index contributed by atoms with van der Waals surface area (Å²) in [6, 6.07) is 0. The Morgan fingerprint density at radius 1 is 1.14 bits per heavy atom. The minimum Gasteiger partial charge on any atom is -0.340 e. The largest absolute Gasteiger partial charge is 0.340 e. The maximum Gasteiger partial charge on any atom is 0.249 e. The molecule has 1 heterocycles. The SMILES string of the molecule is C/C=C/CN1C(=O)C2(CCCCC2)NC(=O)C1(CC)CC. The fourth-order valence-electron chi connectivity index (χ4n) is 3.88. The van der Waals surface area contributed by atoms with Crippen LogP contribution in [0.2, 0.25) is 0 Å². The third kappa shape index (κ3) is 2.49. The molecule has 21 heavy (non-hydrogen) atoms. The molecule has 2 amide bonds. The van der Waals surface area contributed by atoms with Crippen molar-refractivity contribution < 1.29 is 9.59 Å². The summed E-state index contributed by atoms with van der Waals surface area (Å²) in [4.78, 5) is 27.9. The van der Waals surface area contributed by atoms with Gasteiger partial charge in [0.15, 0.2) is 0 Å². The second-order valence-electron chi connectivity index (χ2n) is 6.32. The number of nitrogens with one attached hydrogen (secondary N) is 1. The second kappa shape index (κ2) is 6.20. The smallest absolute Gasteiger partial charge is 0.249 e. The number of carbonyl (C=O) groups excluding carboxylic acids is 2. The number of allylic oxidation sites excluding steroid dienone is 1. The maximum atomic E-state index is 13.2. The second-order valence-corrected chi connectivity index (χ2v) is 6.32. The lowest BCUT2D eigenvalue weighted by Crippen LogP contribution is -2.75. The molecule has 0 aromatic carbocycles. The van der Waals surface area contributed by atoms with Crippen molar-refractivity contribution in [3.05, 3.63) is 12.2 Å². The number of amides is 2. The van der Waals surface area contributed by atoms with Crippen LogP contribution in [-0.2, 0) is 9.59 Å². The van der Waals surface area contributed by atoms with Gasteiger partial charge < -0.3 is 10.2 Å². The van der Waals surface area contributed by atoms with E-state index in [0.717, 1.165) is 32.1 Å². The molecule has 1 N–H and O–H groups in total. The van der Waals surface area contributed by atoms with Crippen molar-refractivity contribution in [1.82, 2.24) is 10.2 Å². The molecule has 0 aromatic heterocycles. The summed E-state index contributed by atoms with van der Waals surface area (Å²) >= 11 is 0. The van der Waals surface area contributed by atoms with Gasteiger partial charge in [0.05, 0.1) is 0 Å². The molecule has 2 aliphatic rings. The minimum absolute atomic E-state index is 0.0403. The third-order valence-corrected chi connectivity index (χ3v) is 5.35. The summed E-state index contributed by atoms with van der Waals surface area (Å²) in [5, 5.41) is 3.13. The Hall–Kier alpha value is -1.32. The summed E-state index contributed by atoms with van der Waals surface area (Å²) in [6.07, 6.45) is 10.0. The molecule has 1 saturated heterocycles. The molecular weight excluding hydrogens is 264 g/mol. The zero-order valence-corrected chi connectivity index (χ0v) is 13.6. The first-order valence-electron chi connectivity index (χ1n) is 8.32. The van der Waals surface area contributed by atoms with Crippen LogP contribution in [-0.4, -0.2) is 34.3 Å². The molecule has 0 radical (unpaired) electrons. The van der Waals surface area contributed by atoms with E-state index in [4.69, 9.17) is 0 Å². The normalized spacial score (nSPS) is 24.6. The highest BCUT2D eigenvalue weighted by atomic mass is 16.2. The number of hydrogen-bond donors (Lipinski definition) is 1. The van der Waals surface area contributed by atoms with E-state index in [2.05, 4.69) is 5.32 Å². The fourth-order valence-corrected chi connectivity index (χ4v) is 3.88. The van der Waals surface area contributed by atoms with E-state index in [-0.39, 0.29) is 11.8 Å². The van der Waals surface area contributed by atoms with Crippen LogP contribution in [0, 0.1) is 0 Å². The van der Waals surface area contributed by atoms with Crippen molar-refractivity contribution in [3.63, 3.8) is 0 Å². The third-order valence-electron chi connectivity index (χ3n) is 5.35. The van der Waals surface area contributed by atoms with E-state index in [9.17, 15) is 9.59 Å². The van der Waals surface area contributed by atoms with Crippen LogP contribution in [0.5, 0.6) is 0 Å². The van der Waals surface area contributed by atoms with Gasteiger partial charge in [-0.25, -0.2) is 0 Å². The van der Waals surface area contributed by atoms with E-state index < -0.39 is 11.1 Å². The summed E-state index contributed by atoms with van der Waals surface area (Å²) in [7, 11) is 0. The predicted molar refractivity (Wildman–Crippen MR) is 83.8 cm³/mol. The average Bonchev–Trinajstić information content (AvgIpc) is 2.51. The average molecular weight is 292 g/mol. The molecule has 0 aromatic rings. The monoisotopic (exact) mass is 292 g/mol. The Morgan fingerprint density at radius 2 is 1.76 bits per heavy atom. The first kappa shape index (κ1) is 16.1. The highest BCUT2D eigenvalue weighted by molar-refractivity contribution is 6.02. The Bertz CT molecular complexity index is 432. The van der Waals surface area contributed by atoms with Gasteiger partial charge in [-0.15, -0.1) is 0 Å². The van der Waals surface area contributed by atoms with Crippen molar-refractivity contribution in [1.29, 1.82) is 0 Å². The van der Waals surface area contributed by atoms with Crippen molar-refractivity contribution in [2.45, 2.75) is 76.8 Å². The lowest BCUT2D eigenvalue weighted by Gasteiger charge is -2.53. The van der Waals surface area contributed by atoms with Crippen molar-refractivity contribution in [2.75, 3.05) is 6.54 Å². The molecule has 1 spiro atoms. The highest BCUT2D eigenvalue weighted by Crippen LogP contribution is 2.38. The zero-order valence-electron chi connectivity index (χ0n) is 13.6. The van der Waals surface area contributed by atoms with Gasteiger partial charge >= 0.3 is 0 Å². The molecule has 0 unspecified atom stereocenters. The van der Waals surface area contributed by atoms with Gasteiger partial charge in [0.25, 0.3) is 0 Å². The lowest BCUT2D eigenvalue weighted by molar-refractivity contribution is -0.164. The molecule has 2 fully saturated rings. The van der Waals surface area contributed by atoms with E-state index >= 15 is 0 Å². The fraction of sp³-hybridized carbons (Fsp3) is 0.765. The summed E-state index contributed by atoms with van der Waals surface area (Å²) in [5.41, 5.74) is -1.32. The number of carbonyl (C=O) groups is 2. The number of rotatable bonds is 4. The van der Waals surface area contributed by atoms with Gasteiger partial charge in [0.2, 0.25) is 11.8 Å². The first-order chi connectivity index (χ1) is 10.1. The lowest BCUT2D eigenvalue weighted by atomic mass is 9.74. The van der Waals surface area contributed by atoms with Crippen LogP contribution in [0.3, 0.4) is 0 Å². The van der Waals surface area contributed by atoms with Crippen molar-refractivity contribution >= 4 is 11.8 Å². The van der Waals surface area contributed by atoms with Gasteiger partial charge in [-0.2, -0.15) is 0 Å². The summed E-state index contributed by atoms with van der Waals surface area (Å²) in [6.45, 7) is 6.48. The van der Waals surface area contributed by atoms with Crippen LogP contribution >= 0.6 is 0 Å². The summed E-state index contributed by atoms with van der Waals surface area (Å²) < 4.78 is 0. The van der Waals surface area contributed by atoms with E-state index in [1.165, 1.54) is 0 Å². The van der Waals surface area contributed by atoms with E-state index in [1.54, 1.807) is 0 Å². The molecule has 1 aliphatic carbocycles. The van der Waals surface area contributed by atoms with Gasteiger partial charge in [-0.3, -0.25) is 9.59 Å². The molecule has 2 rings (SSSR count). The first-order valence-corrected chi connectivity index (χ1v) is 8.32. The Morgan fingerprint density at radius 3 is 2.29 bits per heavy atom. The van der Waals surface area contributed by atoms with Crippen LogP contribution < -0.4 is 5.32 Å². The van der Waals surface area contributed by atoms with Crippen molar-refractivity contribution in [2.24, 2.45) is 0 Å². The van der Waals surface area contributed by atoms with Crippen LogP contribution in [0.1, 0.15) is 65.7 Å². The number of hydrogen-bond acceptors (Lipinski definition) is 2. The number of piperazine rings is 1. The topological polar surface area (TPSA) is 49.4 Å². The number of nitrogens with zero attached hydrogens (tertiary/aromatic N) is 1. The van der Waals surface area contributed by atoms with Gasteiger partial charge in [-0.05, 0) is 32.6 Å². The van der Waals surface area contributed by atoms with Gasteiger partial charge in [0, 0.05) is 6.54 Å². The van der Waals surface area contributed by atoms with E-state index in [0.29, 0.717) is 19.4 Å². The highest BCUT2D eigenvalue weighted by Gasteiger charge is 2.56. The molecule has 118 valence electrons. The van der Waals surface area contributed by atoms with Crippen molar-refractivity contribution in [3.8, 4) is 0 Å². The molecule has 4 nitrogen and oxygen atoms in total. The molecule has 0 atom stereocenters. The Balaban J connectivity index is 2.40. The zero-order chi connectivity index (χ0) is 15.5. The van der Waals surface area contributed by atoms with Crippen LogP contribution in [0.25, 0.3) is 0 Å². The Labute approximate surface area is 128 Å². The van der Waals surface area contributed by atoms with Gasteiger partial charge in [0.1, 0.15) is 11.1 Å². The van der Waals surface area contributed by atoms with Gasteiger partial charge in [-0.1, -0.05) is 45.3 Å². The Kier molecular flexibility index (Phi) is 4.74. The quantitative estimate of drug-likeness (QED) is 0.810. The van der Waals surface area contributed by atoms with Crippen LogP contribution in [0.4, 0.5) is 0 Å². The minimum atomic E-state index is -0.681. The van der Waals surface area contributed by atoms with Crippen LogP contribution in [0.15, 0.2) is 12.2 Å². The molecule has 0 bridgehead atoms. The molecule has 4 heteroatoms.